The molecule has 6 heteroatoms. The van der Waals surface area contributed by atoms with Gasteiger partial charge in [-0.25, -0.2) is 0 Å². The van der Waals surface area contributed by atoms with Crippen LogP contribution in [0.15, 0.2) is 41.8 Å². The predicted molar refractivity (Wildman–Crippen MR) is 97.3 cm³/mol. The van der Waals surface area contributed by atoms with Crippen LogP contribution in [0.4, 0.5) is 0 Å². The fourth-order valence-electron chi connectivity index (χ4n) is 2.62. The third-order valence-corrected chi connectivity index (χ3v) is 3.84. The number of fused-ring (bicyclic) bond motifs is 1. The highest BCUT2D eigenvalue weighted by Gasteiger charge is 2.20. The van der Waals surface area contributed by atoms with Gasteiger partial charge in [0, 0.05) is 35.4 Å². The third-order valence-electron chi connectivity index (χ3n) is 3.84. The molecular formula is C19H20N4O2. The van der Waals surface area contributed by atoms with Crippen LogP contribution in [0.1, 0.15) is 42.4 Å². The summed E-state index contributed by atoms with van der Waals surface area (Å²) in [4.78, 5) is 27.8. The SMILES string of the molecule is CC(=O)c1ccc2[nH]c(O)c(C(=NCC(C)C)c3cnccn3)c2c1. The molecule has 2 N–H and O–H groups in total. The van der Waals surface area contributed by atoms with Crippen molar-refractivity contribution >= 4 is 22.4 Å². The smallest absolute Gasteiger partial charge is 0.199 e. The molecule has 1 aromatic carbocycles. The largest absolute Gasteiger partial charge is 0.494 e. The van der Waals surface area contributed by atoms with Gasteiger partial charge in [-0.1, -0.05) is 13.8 Å². The number of carbonyl (C=O) groups excluding carboxylic acids is 1. The number of carbonyl (C=O) groups is 1. The Morgan fingerprint density at radius 3 is 2.76 bits per heavy atom. The van der Waals surface area contributed by atoms with E-state index in [1.165, 1.54) is 6.92 Å². The lowest BCUT2D eigenvalue weighted by Crippen LogP contribution is -2.09. The highest BCUT2D eigenvalue weighted by molar-refractivity contribution is 6.20. The average Bonchev–Trinajstić information content (AvgIpc) is 2.91. The second-order valence-corrected chi connectivity index (χ2v) is 6.34. The molecule has 3 aromatic rings. The zero-order chi connectivity index (χ0) is 18.0. The number of aliphatic imine (C=N–C) groups is 1. The molecule has 6 nitrogen and oxygen atoms in total. The first-order chi connectivity index (χ1) is 12.0. The van der Waals surface area contributed by atoms with Crippen LogP contribution in [0.2, 0.25) is 0 Å². The van der Waals surface area contributed by atoms with Gasteiger partial charge in [-0.3, -0.25) is 19.8 Å². The van der Waals surface area contributed by atoms with Crippen molar-refractivity contribution in [2.75, 3.05) is 6.54 Å². The molecule has 0 amide bonds. The number of hydrogen-bond donors (Lipinski definition) is 2. The summed E-state index contributed by atoms with van der Waals surface area (Å²) in [6, 6.07) is 5.29. The van der Waals surface area contributed by atoms with Crippen LogP contribution >= 0.6 is 0 Å². The van der Waals surface area contributed by atoms with Gasteiger partial charge in [0.2, 0.25) is 0 Å². The molecule has 0 aliphatic rings. The summed E-state index contributed by atoms with van der Waals surface area (Å²) < 4.78 is 0. The summed E-state index contributed by atoms with van der Waals surface area (Å²) in [5, 5.41) is 11.2. The Balaban J connectivity index is 2.25. The Labute approximate surface area is 145 Å². The maximum atomic E-state index is 11.7. The molecule has 128 valence electrons. The third kappa shape index (κ3) is 3.42. The van der Waals surface area contributed by atoms with E-state index in [1.807, 2.05) is 0 Å². The lowest BCUT2D eigenvalue weighted by atomic mass is 10.0. The van der Waals surface area contributed by atoms with E-state index in [-0.39, 0.29) is 11.7 Å². The molecule has 2 heterocycles. The van der Waals surface area contributed by atoms with Crippen LogP contribution in [0.25, 0.3) is 10.9 Å². The van der Waals surface area contributed by atoms with E-state index in [1.54, 1.807) is 36.8 Å². The van der Waals surface area contributed by atoms with Gasteiger partial charge in [-0.15, -0.1) is 0 Å². The Hall–Kier alpha value is -3.02. The first-order valence-corrected chi connectivity index (χ1v) is 8.14. The van der Waals surface area contributed by atoms with Crippen LogP contribution in [-0.2, 0) is 0 Å². The van der Waals surface area contributed by atoms with Crippen LogP contribution < -0.4 is 0 Å². The Morgan fingerprint density at radius 1 is 1.32 bits per heavy atom. The molecule has 0 saturated heterocycles. The maximum Gasteiger partial charge on any atom is 0.199 e. The van der Waals surface area contributed by atoms with E-state index in [0.717, 1.165) is 10.9 Å². The summed E-state index contributed by atoms with van der Waals surface area (Å²) in [6.07, 6.45) is 4.80. The molecule has 0 bridgehead atoms. The lowest BCUT2D eigenvalue weighted by Gasteiger charge is -2.08. The number of aromatic nitrogens is 3. The summed E-state index contributed by atoms with van der Waals surface area (Å²) >= 11 is 0. The number of rotatable bonds is 5. The minimum absolute atomic E-state index is 0.00358. The van der Waals surface area contributed by atoms with Crippen molar-refractivity contribution in [2.45, 2.75) is 20.8 Å². The van der Waals surface area contributed by atoms with Crippen molar-refractivity contribution < 1.29 is 9.90 Å². The van der Waals surface area contributed by atoms with E-state index in [2.05, 4.69) is 33.8 Å². The Bertz CT molecular complexity index is 943. The van der Waals surface area contributed by atoms with Gasteiger partial charge < -0.3 is 10.1 Å². The molecule has 0 atom stereocenters. The van der Waals surface area contributed by atoms with Crippen molar-refractivity contribution in [1.29, 1.82) is 0 Å². The molecule has 0 saturated carbocycles. The summed E-state index contributed by atoms with van der Waals surface area (Å²) in [7, 11) is 0. The minimum Gasteiger partial charge on any atom is -0.494 e. The second-order valence-electron chi connectivity index (χ2n) is 6.34. The number of benzene rings is 1. The van der Waals surface area contributed by atoms with Crippen LogP contribution in [0.5, 0.6) is 5.88 Å². The molecule has 3 rings (SSSR count). The topological polar surface area (TPSA) is 91.2 Å². The van der Waals surface area contributed by atoms with Crippen molar-refractivity contribution in [1.82, 2.24) is 15.0 Å². The zero-order valence-corrected chi connectivity index (χ0v) is 14.4. The standard InChI is InChI=1S/C19H20N4O2/c1-11(2)9-22-18(16-10-20-6-7-21-16)17-14-8-13(12(3)24)4-5-15(14)23-19(17)25/h4-8,10-11,23,25H,9H2,1-3H3. The number of Topliss-reactive ketones (excluding diaryl/α,β-unsaturated/α-hetero) is 1. The van der Waals surface area contributed by atoms with Crippen molar-refractivity contribution in [3.05, 3.63) is 53.6 Å². The molecule has 0 aliphatic carbocycles. The quantitative estimate of drug-likeness (QED) is 0.552. The first-order valence-electron chi connectivity index (χ1n) is 8.14. The van der Waals surface area contributed by atoms with Crippen LogP contribution in [0.3, 0.4) is 0 Å². The summed E-state index contributed by atoms with van der Waals surface area (Å²) in [5.41, 5.74) is 2.99. The zero-order valence-electron chi connectivity index (χ0n) is 14.4. The van der Waals surface area contributed by atoms with E-state index in [4.69, 9.17) is 0 Å². The van der Waals surface area contributed by atoms with Gasteiger partial charge in [-0.2, -0.15) is 0 Å². The van der Waals surface area contributed by atoms with Crippen molar-refractivity contribution in [2.24, 2.45) is 10.9 Å². The van der Waals surface area contributed by atoms with Crippen LogP contribution in [-0.4, -0.2) is 38.1 Å². The first kappa shape index (κ1) is 16.8. The van der Waals surface area contributed by atoms with E-state index < -0.39 is 0 Å². The molecule has 0 fully saturated rings. The average molecular weight is 336 g/mol. The normalized spacial score (nSPS) is 12.1. The fraction of sp³-hybridized carbons (Fsp3) is 0.263. The number of aromatic hydroxyl groups is 1. The van der Waals surface area contributed by atoms with Crippen LogP contribution in [0, 0.1) is 5.92 Å². The maximum absolute atomic E-state index is 11.7. The number of hydrogen-bond acceptors (Lipinski definition) is 5. The van der Waals surface area contributed by atoms with Crippen molar-refractivity contribution in [3.63, 3.8) is 0 Å². The predicted octanol–water partition coefficient (Wildman–Crippen LogP) is 3.36. The number of aromatic amines is 1. The summed E-state index contributed by atoms with van der Waals surface area (Å²) in [5.74, 6) is 0.323. The monoisotopic (exact) mass is 336 g/mol. The van der Waals surface area contributed by atoms with Gasteiger partial charge in [0.15, 0.2) is 11.7 Å². The van der Waals surface area contributed by atoms with E-state index in [0.29, 0.717) is 35.0 Å². The summed E-state index contributed by atoms with van der Waals surface area (Å²) in [6.45, 7) is 6.25. The molecule has 0 unspecified atom stereocenters. The molecule has 25 heavy (non-hydrogen) atoms. The molecule has 2 aromatic heterocycles. The van der Waals surface area contributed by atoms with Gasteiger partial charge in [0.05, 0.1) is 17.5 Å². The molecule has 0 radical (unpaired) electrons. The highest BCUT2D eigenvalue weighted by Crippen LogP contribution is 2.30. The van der Waals surface area contributed by atoms with Gasteiger partial charge >= 0.3 is 0 Å². The van der Waals surface area contributed by atoms with Gasteiger partial charge in [0.25, 0.3) is 0 Å². The Kier molecular flexibility index (Phi) is 4.61. The number of nitrogens with zero attached hydrogens (tertiary/aromatic N) is 3. The van der Waals surface area contributed by atoms with Gasteiger partial charge in [0.1, 0.15) is 5.69 Å². The molecular weight excluding hydrogens is 316 g/mol. The number of H-pyrrole nitrogens is 1. The minimum atomic E-state index is -0.0336. The van der Waals surface area contributed by atoms with Gasteiger partial charge in [-0.05, 0) is 31.0 Å². The number of ketones is 1. The molecule has 0 aliphatic heterocycles. The van der Waals surface area contributed by atoms with Crippen molar-refractivity contribution in [3.8, 4) is 5.88 Å². The Morgan fingerprint density at radius 2 is 2.12 bits per heavy atom. The lowest BCUT2D eigenvalue weighted by molar-refractivity contribution is 0.101. The molecule has 0 spiro atoms. The second kappa shape index (κ2) is 6.84. The highest BCUT2D eigenvalue weighted by atomic mass is 16.3. The van der Waals surface area contributed by atoms with E-state index in [9.17, 15) is 9.90 Å². The number of nitrogens with one attached hydrogen (secondary N) is 1. The fourth-order valence-corrected chi connectivity index (χ4v) is 2.62. The van der Waals surface area contributed by atoms with E-state index >= 15 is 0 Å².